The van der Waals surface area contributed by atoms with Crippen molar-refractivity contribution in [1.82, 2.24) is 4.72 Å². The van der Waals surface area contributed by atoms with Gasteiger partial charge in [-0.2, -0.15) is 0 Å². The van der Waals surface area contributed by atoms with Crippen LogP contribution in [0.3, 0.4) is 0 Å². The fourth-order valence-corrected chi connectivity index (χ4v) is 4.27. The number of hydrogen-bond donors (Lipinski definition) is 1. The third-order valence-corrected chi connectivity index (χ3v) is 5.75. The van der Waals surface area contributed by atoms with Gasteiger partial charge in [0.1, 0.15) is 0 Å². The van der Waals surface area contributed by atoms with Gasteiger partial charge in [-0.05, 0) is 42.7 Å². The van der Waals surface area contributed by atoms with Crippen molar-refractivity contribution in [2.24, 2.45) is 17.8 Å². The normalized spacial score (nSPS) is 27.1. The number of nitro groups is 1. The molecular formula is C14H16N2O4S. The molecule has 0 radical (unpaired) electrons. The SMILES string of the molecule is O=[N+]([O-])c1ccc(S(=O)(=O)NCC2CC3C=CC2C3)cc1. The molecule has 0 amide bonds. The second-order valence-corrected chi connectivity index (χ2v) is 7.41. The molecule has 3 rings (SSSR count). The highest BCUT2D eigenvalue weighted by atomic mass is 32.2. The summed E-state index contributed by atoms with van der Waals surface area (Å²) in [5, 5.41) is 10.6. The van der Waals surface area contributed by atoms with E-state index in [1.807, 2.05) is 0 Å². The fraction of sp³-hybridized carbons (Fsp3) is 0.429. The maximum atomic E-state index is 12.2. The highest BCUT2D eigenvalue weighted by molar-refractivity contribution is 7.89. The Labute approximate surface area is 123 Å². The van der Waals surface area contributed by atoms with Crippen LogP contribution in [-0.2, 0) is 10.0 Å². The van der Waals surface area contributed by atoms with Crippen molar-refractivity contribution in [3.63, 3.8) is 0 Å². The minimum Gasteiger partial charge on any atom is -0.258 e. The van der Waals surface area contributed by atoms with Crippen molar-refractivity contribution in [2.75, 3.05) is 6.54 Å². The zero-order valence-corrected chi connectivity index (χ0v) is 12.1. The van der Waals surface area contributed by atoms with Gasteiger partial charge in [-0.1, -0.05) is 12.2 Å². The monoisotopic (exact) mass is 308 g/mol. The van der Waals surface area contributed by atoms with Gasteiger partial charge in [0.15, 0.2) is 0 Å². The van der Waals surface area contributed by atoms with Gasteiger partial charge in [-0.25, -0.2) is 13.1 Å². The molecule has 21 heavy (non-hydrogen) atoms. The van der Waals surface area contributed by atoms with Crippen molar-refractivity contribution >= 4 is 15.7 Å². The summed E-state index contributed by atoms with van der Waals surface area (Å²) in [5.41, 5.74) is -0.118. The molecule has 0 spiro atoms. The first-order chi connectivity index (χ1) is 9.95. The van der Waals surface area contributed by atoms with E-state index in [4.69, 9.17) is 0 Å². The number of benzene rings is 1. The lowest BCUT2D eigenvalue weighted by Gasteiger charge is -2.18. The minimum atomic E-state index is -3.60. The third-order valence-electron chi connectivity index (χ3n) is 4.31. The van der Waals surface area contributed by atoms with Crippen LogP contribution in [0.2, 0.25) is 0 Å². The number of hydrogen-bond acceptors (Lipinski definition) is 4. The van der Waals surface area contributed by atoms with Crippen molar-refractivity contribution in [3.05, 3.63) is 46.5 Å². The summed E-state index contributed by atoms with van der Waals surface area (Å²) in [4.78, 5) is 10.1. The Morgan fingerprint density at radius 2 is 1.90 bits per heavy atom. The standard InChI is InChI=1S/C14H16N2O4S/c17-16(18)13-3-5-14(6-4-13)21(19,20)15-9-12-8-10-1-2-11(12)7-10/h1-6,10-12,15H,7-9H2. The second-order valence-electron chi connectivity index (χ2n) is 5.64. The van der Waals surface area contributed by atoms with Crippen molar-refractivity contribution < 1.29 is 13.3 Å². The number of fused-ring (bicyclic) bond motifs is 2. The minimum absolute atomic E-state index is 0.0619. The van der Waals surface area contributed by atoms with E-state index < -0.39 is 14.9 Å². The molecule has 1 saturated carbocycles. The molecule has 1 aromatic rings. The Kier molecular flexibility index (Phi) is 3.54. The number of non-ortho nitro benzene ring substituents is 1. The number of nitrogens with zero attached hydrogens (tertiary/aromatic N) is 1. The van der Waals surface area contributed by atoms with E-state index in [2.05, 4.69) is 16.9 Å². The molecule has 3 unspecified atom stereocenters. The Morgan fingerprint density at radius 3 is 2.43 bits per heavy atom. The van der Waals surface area contributed by atoms with Gasteiger partial charge in [0.05, 0.1) is 9.82 Å². The number of sulfonamides is 1. The molecule has 2 aliphatic rings. The van der Waals surface area contributed by atoms with Crippen LogP contribution in [0.4, 0.5) is 5.69 Å². The smallest absolute Gasteiger partial charge is 0.258 e. The number of rotatable bonds is 5. The maximum absolute atomic E-state index is 12.2. The molecule has 2 aliphatic carbocycles. The summed E-state index contributed by atoms with van der Waals surface area (Å²) in [5.74, 6) is 1.44. The van der Waals surface area contributed by atoms with Gasteiger partial charge < -0.3 is 0 Å². The molecule has 6 nitrogen and oxygen atoms in total. The van der Waals surface area contributed by atoms with Crippen molar-refractivity contribution in [2.45, 2.75) is 17.7 Å². The van der Waals surface area contributed by atoms with Crippen LogP contribution in [0.25, 0.3) is 0 Å². The van der Waals surface area contributed by atoms with E-state index in [9.17, 15) is 18.5 Å². The van der Waals surface area contributed by atoms with Crippen LogP contribution >= 0.6 is 0 Å². The molecular weight excluding hydrogens is 292 g/mol. The van der Waals surface area contributed by atoms with Crippen LogP contribution < -0.4 is 4.72 Å². The predicted octanol–water partition coefficient (Wildman–Crippen LogP) is 2.09. The van der Waals surface area contributed by atoms with Crippen molar-refractivity contribution in [3.8, 4) is 0 Å². The quantitative estimate of drug-likeness (QED) is 0.512. The Hall–Kier alpha value is -1.73. The summed E-state index contributed by atoms with van der Waals surface area (Å²) >= 11 is 0. The number of allylic oxidation sites excluding steroid dienone is 2. The molecule has 112 valence electrons. The highest BCUT2D eigenvalue weighted by Gasteiger charge is 2.35. The van der Waals surface area contributed by atoms with Gasteiger partial charge in [0.25, 0.3) is 5.69 Å². The van der Waals surface area contributed by atoms with Gasteiger partial charge >= 0.3 is 0 Å². The van der Waals surface area contributed by atoms with Gasteiger partial charge in [-0.15, -0.1) is 0 Å². The third kappa shape index (κ3) is 2.84. The Bertz CT molecular complexity index is 681. The summed E-state index contributed by atoms with van der Waals surface area (Å²) in [6.07, 6.45) is 6.55. The number of nitrogens with one attached hydrogen (secondary N) is 1. The number of nitro benzene ring substituents is 1. The first kappa shape index (κ1) is 14.2. The summed E-state index contributed by atoms with van der Waals surface area (Å²) < 4.78 is 27.0. The molecule has 3 atom stereocenters. The molecule has 0 saturated heterocycles. The second kappa shape index (κ2) is 5.23. The van der Waals surface area contributed by atoms with Crippen LogP contribution in [0.15, 0.2) is 41.3 Å². The first-order valence-corrected chi connectivity index (χ1v) is 8.36. The first-order valence-electron chi connectivity index (χ1n) is 6.88. The van der Waals surface area contributed by atoms with E-state index in [0.29, 0.717) is 24.3 Å². The molecule has 7 heteroatoms. The van der Waals surface area contributed by atoms with Crippen LogP contribution in [0.5, 0.6) is 0 Å². The molecule has 1 aromatic carbocycles. The molecule has 1 fully saturated rings. The van der Waals surface area contributed by atoms with Crippen LogP contribution in [0.1, 0.15) is 12.8 Å². The van der Waals surface area contributed by atoms with Crippen LogP contribution in [-0.4, -0.2) is 19.9 Å². The lowest BCUT2D eigenvalue weighted by atomic mass is 9.94. The molecule has 2 bridgehead atoms. The topological polar surface area (TPSA) is 89.3 Å². The average molecular weight is 308 g/mol. The van der Waals surface area contributed by atoms with E-state index in [-0.39, 0.29) is 10.6 Å². The summed E-state index contributed by atoms with van der Waals surface area (Å²) in [6.45, 7) is 0.421. The fourth-order valence-electron chi connectivity index (χ4n) is 3.18. The zero-order chi connectivity index (χ0) is 15.0. The summed E-state index contributed by atoms with van der Waals surface area (Å²) in [6, 6.07) is 4.94. The van der Waals surface area contributed by atoms with E-state index in [1.165, 1.54) is 24.3 Å². The lowest BCUT2D eigenvalue weighted by molar-refractivity contribution is -0.384. The molecule has 0 aliphatic heterocycles. The van der Waals surface area contributed by atoms with E-state index >= 15 is 0 Å². The van der Waals surface area contributed by atoms with Crippen molar-refractivity contribution in [1.29, 1.82) is 0 Å². The summed E-state index contributed by atoms with van der Waals surface area (Å²) in [7, 11) is -3.60. The van der Waals surface area contributed by atoms with Gasteiger partial charge in [0, 0.05) is 18.7 Å². The lowest BCUT2D eigenvalue weighted by Crippen LogP contribution is -2.31. The largest absolute Gasteiger partial charge is 0.269 e. The zero-order valence-electron chi connectivity index (χ0n) is 11.3. The van der Waals surface area contributed by atoms with Crippen LogP contribution in [0, 0.1) is 27.9 Å². The molecule has 1 N–H and O–H groups in total. The Morgan fingerprint density at radius 1 is 1.19 bits per heavy atom. The molecule has 0 aromatic heterocycles. The van der Waals surface area contributed by atoms with E-state index in [0.717, 1.165) is 12.8 Å². The average Bonchev–Trinajstić information content (AvgIpc) is 3.08. The molecule has 0 heterocycles. The van der Waals surface area contributed by atoms with E-state index in [1.54, 1.807) is 0 Å². The van der Waals surface area contributed by atoms with Gasteiger partial charge in [-0.3, -0.25) is 10.1 Å². The Balaban J connectivity index is 1.66. The highest BCUT2D eigenvalue weighted by Crippen LogP contribution is 2.43. The maximum Gasteiger partial charge on any atom is 0.269 e. The predicted molar refractivity (Wildman–Crippen MR) is 77.1 cm³/mol. The van der Waals surface area contributed by atoms with Gasteiger partial charge in [0.2, 0.25) is 10.0 Å².